The van der Waals surface area contributed by atoms with Crippen LogP contribution in [0.25, 0.3) is 0 Å². The van der Waals surface area contributed by atoms with E-state index in [4.69, 9.17) is 4.74 Å². The van der Waals surface area contributed by atoms with Crippen molar-refractivity contribution in [3.05, 3.63) is 95.1 Å². The summed E-state index contributed by atoms with van der Waals surface area (Å²) in [6.07, 6.45) is 3.31. The van der Waals surface area contributed by atoms with Gasteiger partial charge in [-0.1, -0.05) is 18.1 Å². The highest BCUT2D eigenvalue weighted by Crippen LogP contribution is 2.41. The maximum Gasteiger partial charge on any atom is 0.408 e. The van der Waals surface area contributed by atoms with E-state index in [0.29, 0.717) is 16.7 Å². The molecule has 2 atom stereocenters. The Morgan fingerprint density at radius 3 is 2.69 bits per heavy atom. The zero-order valence-electron chi connectivity index (χ0n) is 15.3. The second-order valence-electron chi connectivity index (χ2n) is 6.71. The van der Waals surface area contributed by atoms with Gasteiger partial charge in [0.25, 0.3) is 0 Å². The van der Waals surface area contributed by atoms with Gasteiger partial charge in [-0.2, -0.15) is 0 Å². The van der Waals surface area contributed by atoms with Crippen LogP contribution in [0.5, 0.6) is 0 Å². The van der Waals surface area contributed by atoms with Gasteiger partial charge < -0.3 is 10.1 Å². The Morgan fingerprint density at radius 1 is 1.14 bits per heavy atom. The van der Waals surface area contributed by atoms with Gasteiger partial charge in [-0.25, -0.2) is 18.6 Å². The Hall–Kier alpha value is -3.79. The van der Waals surface area contributed by atoms with Gasteiger partial charge in [0.05, 0.1) is 0 Å². The highest BCUT2D eigenvalue weighted by atomic mass is 19.1. The normalized spacial score (nSPS) is 20.4. The molecular weight excluding hydrogens is 376 g/mol. The Bertz CT molecular complexity index is 1140. The number of aromatic nitrogens is 2. The van der Waals surface area contributed by atoms with E-state index in [0.717, 1.165) is 0 Å². The van der Waals surface area contributed by atoms with Gasteiger partial charge >= 0.3 is 6.09 Å². The van der Waals surface area contributed by atoms with E-state index in [1.807, 2.05) is 0 Å². The van der Waals surface area contributed by atoms with Gasteiger partial charge in [-0.3, -0.25) is 4.98 Å². The van der Waals surface area contributed by atoms with Crippen molar-refractivity contribution in [3.8, 4) is 11.8 Å². The van der Waals surface area contributed by atoms with E-state index in [9.17, 15) is 13.6 Å². The maximum absolute atomic E-state index is 13.7. The third kappa shape index (κ3) is 3.65. The molecule has 7 heteroatoms. The molecule has 0 spiro atoms. The van der Waals surface area contributed by atoms with Gasteiger partial charge in [0.2, 0.25) is 0 Å². The largest absolute Gasteiger partial charge is 0.438 e. The van der Waals surface area contributed by atoms with E-state index < -0.39 is 23.6 Å². The molecule has 4 rings (SSSR count). The summed E-state index contributed by atoms with van der Waals surface area (Å²) in [5.41, 5.74) is 0.888. The van der Waals surface area contributed by atoms with Gasteiger partial charge in [0.1, 0.15) is 17.1 Å². The minimum absolute atomic E-state index is 0.0332. The van der Waals surface area contributed by atoms with Crippen LogP contribution in [-0.4, -0.2) is 16.1 Å². The molecule has 29 heavy (non-hydrogen) atoms. The van der Waals surface area contributed by atoms with Gasteiger partial charge in [0.15, 0.2) is 11.9 Å². The lowest BCUT2D eigenvalue weighted by atomic mass is 9.84. The number of alkyl carbamates (subject to hydrolysis) is 1. The fraction of sp³-hybridized carbons (Fsp3) is 0.136. The van der Waals surface area contributed by atoms with Crippen molar-refractivity contribution in [2.24, 2.45) is 0 Å². The van der Waals surface area contributed by atoms with E-state index in [2.05, 4.69) is 27.1 Å². The first kappa shape index (κ1) is 18.6. The first-order valence-corrected chi connectivity index (χ1v) is 8.78. The van der Waals surface area contributed by atoms with Crippen LogP contribution in [0.2, 0.25) is 0 Å². The maximum atomic E-state index is 13.7. The van der Waals surface area contributed by atoms with E-state index in [1.165, 1.54) is 36.7 Å². The highest BCUT2D eigenvalue weighted by molar-refractivity contribution is 5.72. The van der Waals surface area contributed by atoms with Crippen LogP contribution in [0.15, 0.2) is 61.1 Å². The van der Waals surface area contributed by atoms with Gasteiger partial charge in [-0.05, 0) is 48.7 Å². The first-order chi connectivity index (χ1) is 14.0. The molecule has 1 N–H and O–H groups in total. The Labute approximate surface area is 165 Å². The van der Waals surface area contributed by atoms with Crippen LogP contribution in [0.3, 0.4) is 0 Å². The van der Waals surface area contributed by atoms with Crippen LogP contribution >= 0.6 is 0 Å². The molecule has 1 saturated heterocycles. The predicted molar refractivity (Wildman–Crippen MR) is 101 cm³/mol. The Kier molecular flexibility index (Phi) is 4.69. The predicted octanol–water partition coefficient (Wildman–Crippen LogP) is 3.85. The summed E-state index contributed by atoms with van der Waals surface area (Å²) in [5.74, 6) is 4.63. The van der Waals surface area contributed by atoms with E-state index >= 15 is 0 Å². The summed E-state index contributed by atoms with van der Waals surface area (Å²) in [4.78, 5) is 20.1. The smallest absolute Gasteiger partial charge is 0.408 e. The van der Waals surface area contributed by atoms with Crippen molar-refractivity contribution < 1.29 is 18.3 Å². The number of hydrogen-bond acceptors (Lipinski definition) is 4. The van der Waals surface area contributed by atoms with Crippen molar-refractivity contribution in [1.82, 2.24) is 15.3 Å². The van der Waals surface area contributed by atoms with Crippen LogP contribution in [0.1, 0.15) is 35.4 Å². The number of carbonyl (C=O) groups is 1. The molecule has 0 aliphatic carbocycles. The molecule has 1 aliphatic heterocycles. The molecular formula is C22H15F2N3O2. The average Bonchev–Trinajstić information content (AvgIpc) is 3.04. The van der Waals surface area contributed by atoms with Crippen LogP contribution < -0.4 is 5.32 Å². The number of ether oxygens (including phenoxy) is 1. The number of pyridine rings is 2. The summed E-state index contributed by atoms with van der Waals surface area (Å²) in [5, 5.41) is 2.80. The zero-order chi connectivity index (χ0) is 20.4. The van der Waals surface area contributed by atoms with Crippen molar-refractivity contribution in [3.63, 3.8) is 0 Å². The lowest BCUT2D eigenvalue weighted by Gasteiger charge is -2.29. The molecule has 3 aromatic rings. The number of benzene rings is 1. The molecule has 0 saturated carbocycles. The summed E-state index contributed by atoms with van der Waals surface area (Å²) in [6, 6.07) is 10.3. The molecule has 3 heterocycles. The molecule has 0 unspecified atom stereocenters. The summed E-state index contributed by atoms with van der Waals surface area (Å²) in [6.45, 7) is 1.79. The lowest BCUT2D eigenvalue weighted by molar-refractivity contribution is 0.112. The molecule has 1 fully saturated rings. The van der Waals surface area contributed by atoms with Crippen molar-refractivity contribution in [2.75, 3.05) is 0 Å². The van der Waals surface area contributed by atoms with E-state index in [-0.39, 0.29) is 11.5 Å². The van der Waals surface area contributed by atoms with Crippen molar-refractivity contribution >= 4 is 6.09 Å². The molecule has 0 bridgehead atoms. The fourth-order valence-electron chi connectivity index (χ4n) is 3.20. The number of carbonyl (C=O) groups excluding carboxylic acids is 1. The summed E-state index contributed by atoms with van der Waals surface area (Å²) < 4.78 is 32.5. The molecule has 1 aliphatic rings. The van der Waals surface area contributed by atoms with Crippen LogP contribution in [0.4, 0.5) is 13.6 Å². The standard InChI is InChI=1S/C22H15F2N3O2/c1-22(20(29-21(28)27-22)15-5-7-17(23)8-6-15)16-11-14(12-25-13-16)4-9-19-18(24)3-2-10-26-19/h2-3,5-8,10-13,20H,1H3,(H,27,28)/t20-,22-/m0/s1. The molecule has 0 radical (unpaired) electrons. The third-order valence-electron chi connectivity index (χ3n) is 4.71. The minimum atomic E-state index is -0.949. The number of rotatable bonds is 2. The number of nitrogens with zero attached hydrogens (tertiary/aromatic N) is 2. The van der Waals surface area contributed by atoms with E-state index in [1.54, 1.807) is 31.3 Å². The number of hydrogen-bond donors (Lipinski definition) is 1. The molecule has 5 nitrogen and oxygen atoms in total. The summed E-state index contributed by atoms with van der Waals surface area (Å²) in [7, 11) is 0. The first-order valence-electron chi connectivity index (χ1n) is 8.78. The lowest BCUT2D eigenvalue weighted by Crippen LogP contribution is -2.39. The monoisotopic (exact) mass is 391 g/mol. The third-order valence-corrected chi connectivity index (χ3v) is 4.71. The number of amides is 1. The van der Waals surface area contributed by atoms with Gasteiger partial charge in [0, 0.05) is 29.7 Å². The molecule has 1 amide bonds. The number of cyclic esters (lactones) is 1. The van der Waals surface area contributed by atoms with Crippen molar-refractivity contribution in [2.45, 2.75) is 18.6 Å². The van der Waals surface area contributed by atoms with Crippen LogP contribution in [-0.2, 0) is 10.3 Å². The second-order valence-corrected chi connectivity index (χ2v) is 6.71. The minimum Gasteiger partial charge on any atom is -0.438 e. The SMILES string of the molecule is C[C@@]1(c2cncc(C#Cc3ncccc3F)c2)NC(=O)O[C@H]1c1ccc(F)cc1. The average molecular weight is 391 g/mol. The fourth-order valence-corrected chi connectivity index (χ4v) is 3.20. The zero-order valence-corrected chi connectivity index (χ0v) is 15.3. The number of nitrogens with one attached hydrogen (secondary N) is 1. The second kappa shape index (κ2) is 7.32. The van der Waals surface area contributed by atoms with Gasteiger partial charge in [-0.15, -0.1) is 0 Å². The topological polar surface area (TPSA) is 64.1 Å². The highest BCUT2D eigenvalue weighted by Gasteiger charge is 2.47. The molecule has 144 valence electrons. The van der Waals surface area contributed by atoms with Crippen molar-refractivity contribution in [1.29, 1.82) is 0 Å². The summed E-state index contributed by atoms with van der Waals surface area (Å²) >= 11 is 0. The Morgan fingerprint density at radius 2 is 1.93 bits per heavy atom. The number of halogens is 2. The van der Waals surface area contributed by atoms with Crippen LogP contribution in [0, 0.1) is 23.5 Å². The quantitative estimate of drug-likeness (QED) is 0.674. The Balaban J connectivity index is 1.70. The molecule has 2 aromatic heterocycles. The molecule has 1 aromatic carbocycles.